The molecule has 0 aliphatic heterocycles. The van der Waals surface area contributed by atoms with Crippen molar-refractivity contribution in [1.29, 1.82) is 0 Å². The molecule has 0 atom stereocenters. The number of benzene rings is 1. The van der Waals surface area contributed by atoms with Gasteiger partial charge in [0.25, 0.3) is 17.2 Å². The molecule has 0 amide bonds. The summed E-state index contributed by atoms with van der Waals surface area (Å²) in [6.45, 7) is 0. The summed E-state index contributed by atoms with van der Waals surface area (Å²) in [4.78, 5) is 24.7. The Bertz CT molecular complexity index is 1280. The summed E-state index contributed by atoms with van der Waals surface area (Å²) in [6, 6.07) is -0.516. The smallest absolute Gasteiger partial charge is 0.258 e. The van der Waals surface area contributed by atoms with Gasteiger partial charge in [-0.3, -0.25) is 20.2 Å². The first-order chi connectivity index (χ1) is 15.4. The Morgan fingerprint density at radius 3 is 1.74 bits per heavy atom. The average Bonchev–Trinajstić information content (AvgIpc) is 3.06. The molecule has 20 heteroatoms. The molecule has 0 bridgehead atoms. The Balaban J connectivity index is 2.25. The summed E-state index contributed by atoms with van der Waals surface area (Å²) in [5.41, 5.74) is -8.71. The Morgan fingerprint density at radius 1 is 0.794 bits per heavy atom. The van der Waals surface area contributed by atoms with E-state index >= 15 is 0 Å². The fourth-order valence-electron chi connectivity index (χ4n) is 2.47. The number of hydrogen-bond donors (Lipinski definition) is 0. The summed E-state index contributed by atoms with van der Waals surface area (Å²) in [7, 11) is 0. The predicted octanol–water partition coefficient (Wildman–Crippen LogP) is 5.15. The Morgan fingerprint density at radius 2 is 1.32 bits per heavy atom. The fraction of sp³-hybridized carbons (Fsp3) is 0.214. The van der Waals surface area contributed by atoms with E-state index in [0.29, 0.717) is 0 Å². The third-order valence-electron chi connectivity index (χ3n) is 3.84. The van der Waals surface area contributed by atoms with Crippen molar-refractivity contribution in [2.24, 2.45) is 0 Å². The Hall–Kier alpha value is -3.71. The number of nitrogens with zero attached hydrogens (tertiary/aromatic N) is 6. The lowest BCUT2D eigenvalue weighted by Gasteiger charge is -2.11. The first-order valence-electron chi connectivity index (χ1n) is 8.03. The summed E-state index contributed by atoms with van der Waals surface area (Å²) >= 11 is -0.207. The summed E-state index contributed by atoms with van der Waals surface area (Å²) in [6.07, 6.45) is -16.0. The van der Waals surface area contributed by atoms with Gasteiger partial charge in [0.2, 0.25) is 5.16 Å². The van der Waals surface area contributed by atoms with Gasteiger partial charge < -0.3 is 0 Å². The van der Waals surface area contributed by atoms with Gasteiger partial charge >= 0.3 is 18.5 Å². The second-order valence-electron chi connectivity index (χ2n) is 6.09. The SMILES string of the molecule is O=[N+]([O-])c1cc(C(F)(F)F)cc([N+](=O)[O-])c1Sc1nc2nc(C(F)(F)F)cc(C(F)(F)F)n2n1. The summed E-state index contributed by atoms with van der Waals surface area (Å²) in [5.74, 6) is -1.28. The molecule has 0 aliphatic carbocycles. The van der Waals surface area contributed by atoms with Crippen LogP contribution in [-0.4, -0.2) is 29.4 Å². The lowest BCUT2D eigenvalue weighted by Crippen LogP contribution is -2.18. The van der Waals surface area contributed by atoms with Crippen molar-refractivity contribution in [2.45, 2.75) is 28.6 Å². The van der Waals surface area contributed by atoms with E-state index in [4.69, 9.17) is 0 Å². The highest BCUT2D eigenvalue weighted by Gasteiger charge is 2.42. The van der Waals surface area contributed by atoms with Crippen LogP contribution in [0.5, 0.6) is 0 Å². The molecular formula is C14H3F9N6O4S. The minimum Gasteiger partial charge on any atom is -0.258 e. The van der Waals surface area contributed by atoms with Crippen molar-refractivity contribution in [2.75, 3.05) is 0 Å². The van der Waals surface area contributed by atoms with Crippen molar-refractivity contribution < 1.29 is 49.4 Å². The van der Waals surface area contributed by atoms with Crippen LogP contribution in [0.4, 0.5) is 50.9 Å². The number of hydrogen-bond acceptors (Lipinski definition) is 8. The maximum absolute atomic E-state index is 13.2. The van der Waals surface area contributed by atoms with Crippen molar-refractivity contribution in [3.8, 4) is 0 Å². The maximum Gasteiger partial charge on any atom is 0.433 e. The summed E-state index contributed by atoms with van der Waals surface area (Å²) < 4.78 is 117. The van der Waals surface area contributed by atoms with E-state index in [-0.39, 0.29) is 34.5 Å². The predicted molar refractivity (Wildman–Crippen MR) is 89.7 cm³/mol. The van der Waals surface area contributed by atoms with E-state index in [1.54, 1.807) is 0 Å². The molecule has 10 nitrogen and oxygen atoms in total. The van der Waals surface area contributed by atoms with E-state index in [0.717, 1.165) is 0 Å². The lowest BCUT2D eigenvalue weighted by molar-refractivity contribution is -0.400. The lowest BCUT2D eigenvalue weighted by atomic mass is 10.1. The average molecular weight is 522 g/mol. The normalized spacial score (nSPS) is 12.9. The maximum atomic E-state index is 13.2. The van der Waals surface area contributed by atoms with Crippen LogP contribution in [-0.2, 0) is 18.5 Å². The Labute approximate surface area is 182 Å². The van der Waals surface area contributed by atoms with Gasteiger partial charge in [-0.1, -0.05) is 0 Å². The third kappa shape index (κ3) is 4.79. The first kappa shape index (κ1) is 24.9. The van der Waals surface area contributed by atoms with Crippen LogP contribution < -0.4 is 0 Å². The molecular weight excluding hydrogens is 519 g/mol. The van der Waals surface area contributed by atoms with Crippen LogP contribution in [0.3, 0.4) is 0 Å². The molecule has 0 N–H and O–H groups in total. The van der Waals surface area contributed by atoms with Gasteiger partial charge in [0.1, 0.15) is 0 Å². The van der Waals surface area contributed by atoms with Crippen molar-refractivity contribution >= 4 is 28.9 Å². The van der Waals surface area contributed by atoms with Gasteiger partial charge in [0.15, 0.2) is 16.3 Å². The molecule has 182 valence electrons. The topological polar surface area (TPSA) is 129 Å². The molecule has 1 aromatic carbocycles. The zero-order valence-corrected chi connectivity index (χ0v) is 16.2. The number of halogens is 9. The van der Waals surface area contributed by atoms with Crippen LogP contribution in [0.15, 0.2) is 28.3 Å². The molecule has 0 saturated carbocycles. The zero-order chi connectivity index (χ0) is 25.8. The second kappa shape index (κ2) is 7.95. The van der Waals surface area contributed by atoms with Crippen LogP contribution in [0.25, 0.3) is 5.78 Å². The molecule has 0 spiro atoms. The molecule has 34 heavy (non-hydrogen) atoms. The van der Waals surface area contributed by atoms with Crippen LogP contribution in [0.2, 0.25) is 0 Å². The standard InChI is InChI=1S/C14H3F9N6O4S/c15-12(16,17)4-1-5(28(30)31)9(6(2-4)29(32)33)34-11-25-10-24-7(13(18,19)20)3-8(14(21,22)23)27(10)26-11/h1-3H. The first-order valence-corrected chi connectivity index (χ1v) is 8.85. The van der Waals surface area contributed by atoms with Gasteiger partial charge in [-0.2, -0.15) is 49.0 Å². The van der Waals surface area contributed by atoms with E-state index in [9.17, 15) is 59.7 Å². The van der Waals surface area contributed by atoms with E-state index < -0.39 is 72.5 Å². The molecule has 3 aromatic rings. The minimum atomic E-state index is -5.41. The quantitative estimate of drug-likeness (QED) is 0.261. The number of aromatic nitrogens is 4. The zero-order valence-electron chi connectivity index (χ0n) is 15.4. The number of rotatable bonds is 4. The Kier molecular flexibility index (Phi) is 5.83. The van der Waals surface area contributed by atoms with Gasteiger partial charge in [0, 0.05) is 12.1 Å². The van der Waals surface area contributed by atoms with Crippen molar-refractivity contribution in [3.63, 3.8) is 0 Å². The number of nitro groups is 2. The fourth-order valence-corrected chi connectivity index (χ4v) is 3.38. The van der Waals surface area contributed by atoms with E-state index in [1.807, 2.05) is 0 Å². The highest BCUT2D eigenvalue weighted by molar-refractivity contribution is 7.99. The molecule has 2 aromatic heterocycles. The van der Waals surface area contributed by atoms with Crippen molar-refractivity contribution in [3.05, 3.63) is 55.4 Å². The van der Waals surface area contributed by atoms with Crippen LogP contribution in [0, 0.1) is 20.2 Å². The van der Waals surface area contributed by atoms with Crippen LogP contribution >= 0.6 is 11.8 Å². The third-order valence-corrected chi connectivity index (χ3v) is 4.82. The largest absolute Gasteiger partial charge is 0.433 e. The molecule has 3 rings (SSSR count). The molecule has 0 saturated heterocycles. The summed E-state index contributed by atoms with van der Waals surface area (Å²) in [5, 5.41) is 24.7. The molecule has 0 aliphatic rings. The van der Waals surface area contributed by atoms with Gasteiger partial charge in [0.05, 0.1) is 15.4 Å². The highest BCUT2D eigenvalue weighted by atomic mass is 32.2. The molecule has 2 heterocycles. The molecule has 0 fully saturated rings. The van der Waals surface area contributed by atoms with E-state index in [1.165, 1.54) is 0 Å². The van der Waals surface area contributed by atoms with Gasteiger partial charge in [-0.05, 0) is 17.8 Å². The number of alkyl halides is 9. The highest BCUT2D eigenvalue weighted by Crippen LogP contribution is 2.45. The van der Waals surface area contributed by atoms with Crippen molar-refractivity contribution in [1.82, 2.24) is 19.6 Å². The molecule has 0 unspecified atom stereocenters. The number of fused-ring (bicyclic) bond motifs is 1. The molecule has 0 radical (unpaired) electrons. The number of nitro benzene ring substituents is 2. The second-order valence-corrected chi connectivity index (χ2v) is 7.06. The van der Waals surface area contributed by atoms with E-state index in [2.05, 4.69) is 15.1 Å². The van der Waals surface area contributed by atoms with Gasteiger partial charge in [-0.15, -0.1) is 5.10 Å². The minimum absolute atomic E-state index is 0.0632. The van der Waals surface area contributed by atoms with Crippen LogP contribution in [0.1, 0.15) is 17.0 Å². The van der Waals surface area contributed by atoms with Gasteiger partial charge in [-0.25, -0.2) is 4.98 Å². The monoisotopic (exact) mass is 522 g/mol.